The number of benzene rings is 2. The third kappa shape index (κ3) is 10.2. The molecule has 1 saturated heterocycles. The van der Waals surface area contributed by atoms with Crippen molar-refractivity contribution in [1.82, 2.24) is 4.90 Å². The smallest absolute Gasteiger partial charge is 0.410 e. The van der Waals surface area contributed by atoms with Gasteiger partial charge in [-0.3, -0.25) is 20.2 Å². The minimum atomic E-state index is -0.524. The van der Waals surface area contributed by atoms with Crippen LogP contribution in [0.4, 0.5) is 16.2 Å². The number of likely N-dealkylation sites (tertiary alicyclic amines) is 1. The highest BCUT2D eigenvalue weighted by molar-refractivity contribution is 9.10. The summed E-state index contributed by atoms with van der Waals surface area (Å²) >= 11 is 6.26. The number of phenols is 1. The van der Waals surface area contributed by atoms with E-state index in [1.165, 1.54) is 30.3 Å². The number of hydrogen-bond acceptors (Lipinski definition) is 8. The molecule has 0 aromatic heterocycles. The lowest BCUT2D eigenvalue weighted by molar-refractivity contribution is -0.385. The summed E-state index contributed by atoms with van der Waals surface area (Å²) in [6.45, 7) is 7.52. The Balaban J connectivity index is 0.000000364. The average molecular weight is 647 g/mol. The van der Waals surface area contributed by atoms with Crippen molar-refractivity contribution < 1.29 is 29.2 Å². The van der Waals surface area contributed by atoms with Crippen molar-refractivity contribution in [3.63, 3.8) is 0 Å². The molecule has 0 spiro atoms. The molecule has 11 nitrogen and oxygen atoms in total. The summed E-state index contributed by atoms with van der Waals surface area (Å²) in [5.41, 5.74) is -0.492. The summed E-state index contributed by atoms with van der Waals surface area (Å²) in [6, 6.07) is 8.22. The molecule has 37 heavy (non-hydrogen) atoms. The van der Waals surface area contributed by atoms with E-state index in [0.717, 1.165) is 19.3 Å². The van der Waals surface area contributed by atoms with Gasteiger partial charge in [0.15, 0.2) is 0 Å². The standard InChI is InChI=1S/C18H25BrN2O5.C6H4BrNO3/c1-18(2,3)26-17(22)20-9-6-13(7-10-20)8-11-25-16-5-4-14(21(23)24)12-15(16)19;7-5-3-4(8(10)11)1-2-6(5)9/h4-5,12-13H,6-11H2,1-3H3;1-3,9H. The lowest BCUT2D eigenvalue weighted by Crippen LogP contribution is -2.41. The van der Waals surface area contributed by atoms with Crippen LogP contribution in [0.25, 0.3) is 0 Å². The monoisotopic (exact) mass is 645 g/mol. The van der Waals surface area contributed by atoms with Gasteiger partial charge in [0.1, 0.15) is 17.1 Å². The Hall–Kier alpha value is -2.93. The number of phenolic OH excluding ortho intramolecular Hbond substituents is 1. The largest absolute Gasteiger partial charge is 0.507 e. The summed E-state index contributed by atoms with van der Waals surface area (Å²) in [6.07, 6.45) is 2.47. The molecular formula is C24H29Br2N3O8. The number of rotatable bonds is 6. The van der Waals surface area contributed by atoms with Gasteiger partial charge in [-0.15, -0.1) is 0 Å². The molecule has 13 heteroatoms. The molecule has 202 valence electrons. The van der Waals surface area contributed by atoms with Crippen LogP contribution in [-0.2, 0) is 4.74 Å². The van der Waals surface area contributed by atoms with Gasteiger partial charge >= 0.3 is 6.09 Å². The first kappa shape index (κ1) is 30.3. The zero-order valence-corrected chi connectivity index (χ0v) is 23.9. The molecule has 0 unspecified atom stereocenters. The van der Waals surface area contributed by atoms with Crippen LogP contribution in [0.15, 0.2) is 45.3 Å². The average Bonchev–Trinajstić information content (AvgIpc) is 2.81. The maximum atomic E-state index is 12.1. The molecule has 1 heterocycles. The van der Waals surface area contributed by atoms with Crippen LogP contribution in [0, 0.1) is 26.1 Å². The Morgan fingerprint density at radius 2 is 1.57 bits per heavy atom. The van der Waals surface area contributed by atoms with E-state index in [4.69, 9.17) is 14.6 Å². The molecule has 0 bridgehead atoms. The van der Waals surface area contributed by atoms with Gasteiger partial charge < -0.3 is 19.5 Å². The molecule has 0 radical (unpaired) electrons. The van der Waals surface area contributed by atoms with Gasteiger partial charge in [0.05, 0.1) is 25.4 Å². The summed E-state index contributed by atoms with van der Waals surface area (Å²) in [4.78, 5) is 33.8. The summed E-state index contributed by atoms with van der Waals surface area (Å²) in [5, 5.41) is 29.9. The van der Waals surface area contributed by atoms with E-state index in [2.05, 4.69) is 31.9 Å². The van der Waals surface area contributed by atoms with Crippen molar-refractivity contribution in [2.45, 2.75) is 45.6 Å². The number of nitrogens with zero attached hydrogens (tertiary/aromatic N) is 3. The Kier molecular flexibility index (Phi) is 11.1. The SMILES string of the molecule is CC(C)(C)OC(=O)N1CCC(CCOc2ccc([N+](=O)[O-])cc2Br)CC1.O=[N+]([O-])c1ccc(O)c(Br)c1. The third-order valence-electron chi connectivity index (χ3n) is 5.32. The molecule has 3 rings (SSSR count). The Labute approximate surface area is 231 Å². The van der Waals surface area contributed by atoms with Crippen LogP contribution in [0.5, 0.6) is 11.5 Å². The summed E-state index contributed by atoms with van der Waals surface area (Å²) in [7, 11) is 0. The Morgan fingerprint density at radius 3 is 2.05 bits per heavy atom. The molecule has 1 aliphatic heterocycles. The normalized spacial score (nSPS) is 13.8. The maximum Gasteiger partial charge on any atom is 0.410 e. The minimum Gasteiger partial charge on any atom is -0.507 e. The van der Waals surface area contributed by atoms with Gasteiger partial charge in [-0.2, -0.15) is 0 Å². The fourth-order valence-corrected chi connectivity index (χ4v) is 4.24. The van der Waals surface area contributed by atoms with Crippen LogP contribution in [0.3, 0.4) is 0 Å². The van der Waals surface area contributed by atoms with Crippen molar-refractivity contribution in [2.24, 2.45) is 5.92 Å². The van der Waals surface area contributed by atoms with Gasteiger partial charge in [0.2, 0.25) is 0 Å². The molecule has 1 fully saturated rings. The quantitative estimate of drug-likeness (QED) is 0.265. The molecule has 1 aliphatic rings. The maximum absolute atomic E-state index is 12.1. The molecule has 0 atom stereocenters. The zero-order chi connectivity index (χ0) is 27.8. The summed E-state index contributed by atoms with van der Waals surface area (Å²) in [5.74, 6) is 1.09. The predicted molar refractivity (Wildman–Crippen MR) is 144 cm³/mol. The molecule has 0 saturated carbocycles. The van der Waals surface area contributed by atoms with E-state index in [1.54, 1.807) is 11.0 Å². The topological polar surface area (TPSA) is 145 Å². The number of halogens is 2. The number of ether oxygens (including phenoxy) is 2. The van der Waals surface area contributed by atoms with E-state index >= 15 is 0 Å². The van der Waals surface area contributed by atoms with E-state index in [0.29, 0.717) is 40.3 Å². The van der Waals surface area contributed by atoms with Gasteiger partial charge in [-0.25, -0.2) is 4.79 Å². The number of carbonyl (C=O) groups excluding carboxylic acids is 1. The van der Waals surface area contributed by atoms with Crippen molar-refractivity contribution in [3.8, 4) is 11.5 Å². The number of aromatic hydroxyl groups is 1. The van der Waals surface area contributed by atoms with Crippen molar-refractivity contribution >= 4 is 49.3 Å². The van der Waals surface area contributed by atoms with Crippen LogP contribution in [0.1, 0.15) is 40.0 Å². The molecule has 2 aromatic carbocycles. The zero-order valence-electron chi connectivity index (χ0n) is 20.7. The fraction of sp³-hybridized carbons (Fsp3) is 0.458. The van der Waals surface area contributed by atoms with Crippen LogP contribution in [-0.4, -0.2) is 51.2 Å². The van der Waals surface area contributed by atoms with Gasteiger partial charge in [0, 0.05) is 37.4 Å². The highest BCUT2D eigenvalue weighted by Crippen LogP contribution is 2.30. The second kappa shape index (κ2) is 13.6. The van der Waals surface area contributed by atoms with Gasteiger partial charge in [0.25, 0.3) is 11.4 Å². The second-order valence-corrected chi connectivity index (χ2v) is 11.0. The van der Waals surface area contributed by atoms with Crippen molar-refractivity contribution in [3.05, 3.63) is 65.6 Å². The molecular weight excluding hydrogens is 618 g/mol. The first-order valence-corrected chi connectivity index (χ1v) is 13.0. The molecule has 1 N–H and O–H groups in total. The molecule has 1 amide bonds. The summed E-state index contributed by atoms with van der Waals surface area (Å²) < 4.78 is 12.0. The number of amides is 1. The number of carbonyl (C=O) groups is 1. The first-order valence-electron chi connectivity index (χ1n) is 11.4. The van der Waals surface area contributed by atoms with Crippen LogP contribution < -0.4 is 4.74 Å². The predicted octanol–water partition coefficient (Wildman–Crippen LogP) is 6.84. The second-order valence-electron chi connectivity index (χ2n) is 9.31. The molecule has 0 aliphatic carbocycles. The Morgan fingerprint density at radius 1 is 1.03 bits per heavy atom. The van der Waals surface area contributed by atoms with E-state index < -0.39 is 15.4 Å². The number of piperidine rings is 1. The van der Waals surface area contributed by atoms with Gasteiger partial charge in [-0.1, -0.05) is 0 Å². The highest BCUT2D eigenvalue weighted by Gasteiger charge is 2.26. The number of nitro benzene ring substituents is 2. The van der Waals surface area contributed by atoms with E-state index in [9.17, 15) is 25.0 Å². The van der Waals surface area contributed by atoms with Crippen LogP contribution >= 0.6 is 31.9 Å². The van der Waals surface area contributed by atoms with E-state index in [-0.39, 0.29) is 23.2 Å². The lowest BCUT2D eigenvalue weighted by atomic mass is 9.94. The number of nitro groups is 2. The van der Waals surface area contributed by atoms with E-state index in [1.807, 2.05) is 20.8 Å². The Bertz CT molecular complexity index is 1120. The minimum absolute atomic E-state index is 0.00407. The fourth-order valence-electron chi connectivity index (χ4n) is 3.40. The van der Waals surface area contributed by atoms with Crippen molar-refractivity contribution in [2.75, 3.05) is 19.7 Å². The van der Waals surface area contributed by atoms with Crippen LogP contribution in [0.2, 0.25) is 0 Å². The first-order chi connectivity index (χ1) is 17.3. The van der Waals surface area contributed by atoms with Gasteiger partial charge in [-0.05, 0) is 89.9 Å². The van der Waals surface area contributed by atoms with Crippen molar-refractivity contribution in [1.29, 1.82) is 0 Å². The molecule has 2 aromatic rings. The number of non-ortho nitro benzene ring substituents is 2. The third-order valence-corrected chi connectivity index (χ3v) is 6.57. The lowest BCUT2D eigenvalue weighted by Gasteiger charge is -2.33. The highest BCUT2D eigenvalue weighted by atomic mass is 79.9. The number of hydrogen-bond donors (Lipinski definition) is 1.